The topological polar surface area (TPSA) is 24.9 Å². The number of halogens is 5. The van der Waals surface area contributed by atoms with Crippen molar-refractivity contribution in [2.75, 3.05) is 5.32 Å². The fraction of sp³-hybridized carbons (Fsp3) is 0.182. The van der Waals surface area contributed by atoms with E-state index in [1.807, 2.05) is 0 Å². The van der Waals surface area contributed by atoms with Crippen molar-refractivity contribution in [3.05, 3.63) is 45.7 Å². The summed E-state index contributed by atoms with van der Waals surface area (Å²) in [7, 11) is 0. The van der Waals surface area contributed by atoms with Gasteiger partial charge in [-0.15, -0.1) is 11.3 Å². The van der Waals surface area contributed by atoms with Crippen molar-refractivity contribution in [3.63, 3.8) is 0 Å². The zero-order valence-corrected chi connectivity index (χ0v) is 10.3. The highest BCUT2D eigenvalue weighted by Crippen LogP contribution is 2.29. The minimum atomic E-state index is -2.18. The van der Waals surface area contributed by atoms with E-state index >= 15 is 0 Å². The molecule has 2 nitrogen and oxygen atoms in total. The van der Waals surface area contributed by atoms with Crippen LogP contribution >= 0.6 is 11.3 Å². The van der Waals surface area contributed by atoms with E-state index < -0.39 is 40.8 Å². The molecule has 0 fully saturated rings. The third-order valence-electron chi connectivity index (χ3n) is 2.47. The van der Waals surface area contributed by atoms with Crippen LogP contribution in [0.5, 0.6) is 0 Å². The number of nitrogens with zero attached hydrogens (tertiary/aromatic N) is 1. The fourth-order valence-electron chi connectivity index (χ4n) is 1.46. The van der Waals surface area contributed by atoms with Gasteiger partial charge in [0.2, 0.25) is 5.82 Å². The normalized spacial score (nSPS) is 12.5. The predicted molar refractivity (Wildman–Crippen MR) is 60.4 cm³/mol. The van der Waals surface area contributed by atoms with Gasteiger partial charge in [0.05, 0.1) is 17.2 Å². The van der Waals surface area contributed by atoms with E-state index in [1.165, 1.54) is 23.8 Å². The average molecular weight is 294 g/mol. The number of benzene rings is 1. The molecule has 0 saturated heterocycles. The van der Waals surface area contributed by atoms with Crippen molar-refractivity contribution in [1.82, 2.24) is 4.98 Å². The largest absolute Gasteiger partial charge is 0.372 e. The van der Waals surface area contributed by atoms with Crippen molar-refractivity contribution in [1.29, 1.82) is 0 Å². The molecule has 0 aliphatic carbocycles. The highest BCUT2D eigenvalue weighted by atomic mass is 32.1. The molecule has 8 heteroatoms. The summed E-state index contributed by atoms with van der Waals surface area (Å²) >= 11 is 1.25. The lowest BCUT2D eigenvalue weighted by molar-refractivity contribution is 0.381. The number of hydrogen-bond donors (Lipinski definition) is 1. The van der Waals surface area contributed by atoms with Crippen molar-refractivity contribution in [2.24, 2.45) is 0 Å². The molecule has 19 heavy (non-hydrogen) atoms. The minimum absolute atomic E-state index is 0.439. The van der Waals surface area contributed by atoms with Crippen molar-refractivity contribution in [3.8, 4) is 0 Å². The first-order valence-electron chi connectivity index (χ1n) is 5.09. The summed E-state index contributed by atoms with van der Waals surface area (Å²) in [5.74, 6) is -9.92. The summed E-state index contributed by atoms with van der Waals surface area (Å²) in [4.78, 5) is 3.88. The van der Waals surface area contributed by atoms with Crippen LogP contribution in [0.3, 0.4) is 0 Å². The molecule has 0 aliphatic rings. The van der Waals surface area contributed by atoms with Crippen LogP contribution in [0.15, 0.2) is 10.9 Å². The van der Waals surface area contributed by atoms with Crippen LogP contribution in [0.2, 0.25) is 0 Å². The van der Waals surface area contributed by atoms with Gasteiger partial charge in [-0.3, -0.25) is 0 Å². The van der Waals surface area contributed by atoms with Crippen molar-refractivity contribution >= 4 is 17.0 Å². The Morgan fingerprint density at radius 3 is 2.00 bits per heavy atom. The van der Waals surface area contributed by atoms with E-state index in [2.05, 4.69) is 10.3 Å². The molecule has 1 atom stereocenters. The second kappa shape index (κ2) is 5.12. The number of hydrogen-bond acceptors (Lipinski definition) is 3. The quantitative estimate of drug-likeness (QED) is 0.525. The fourth-order valence-corrected chi connectivity index (χ4v) is 2.11. The molecule has 0 aliphatic heterocycles. The monoisotopic (exact) mass is 294 g/mol. The second-order valence-electron chi connectivity index (χ2n) is 3.72. The average Bonchev–Trinajstić information content (AvgIpc) is 2.93. The Morgan fingerprint density at radius 1 is 1.00 bits per heavy atom. The van der Waals surface area contributed by atoms with Crippen LogP contribution in [-0.4, -0.2) is 4.98 Å². The van der Waals surface area contributed by atoms with Gasteiger partial charge in [-0.05, 0) is 6.92 Å². The zero-order valence-electron chi connectivity index (χ0n) is 9.48. The second-order valence-corrected chi connectivity index (χ2v) is 4.44. The van der Waals surface area contributed by atoms with E-state index in [0.29, 0.717) is 5.69 Å². The number of rotatable bonds is 3. The minimum Gasteiger partial charge on any atom is -0.372 e. The molecular formula is C11H7F5N2S. The predicted octanol–water partition coefficient (Wildman–Crippen LogP) is 4.01. The third kappa shape index (κ3) is 2.40. The van der Waals surface area contributed by atoms with E-state index in [9.17, 15) is 22.0 Å². The molecule has 1 aromatic heterocycles. The SMILES string of the molecule is CC(Nc1c(F)c(F)c(F)c(F)c1F)c1cscn1. The van der Waals surface area contributed by atoms with E-state index in [-0.39, 0.29) is 0 Å². The highest BCUT2D eigenvalue weighted by Gasteiger charge is 2.26. The summed E-state index contributed by atoms with van der Waals surface area (Å²) in [5.41, 5.74) is 0.873. The maximum Gasteiger partial charge on any atom is 0.200 e. The van der Waals surface area contributed by atoms with Gasteiger partial charge in [0.25, 0.3) is 0 Å². The number of nitrogens with one attached hydrogen (secondary N) is 1. The van der Waals surface area contributed by atoms with Gasteiger partial charge in [-0.2, -0.15) is 0 Å². The first kappa shape index (κ1) is 13.7. The van der Waals surface area contributed by atoms with Crippen LogP contribution in [0, 0.1) is 29.1 Å². The lowest BCUT2D eigenvalue weighted by atomic mass is 10.2. The van der Waals surface area contributed by atoms with E-state index in [1.54, 1.807) is 5.38 Å². The van der Waals surface area contributed by atoms with Gasteiger partial charge in [0, 0.05) is 5.38 Å². The van der Waals surface area contributed by atoms with Gasteiger partial charge in [0.15, 0.2) is 23.3 Å². The van der Waals surface area contributed by atoms with Crippen LogP contribution in [-0.2, 0) is 0 Å². The van der Waals surface area contributed by atoms with Crippen molar-refractivity contribution in [2.45, 2.75) is 13.0 Å². The summed E-state index contributed by atoms with van der Waals surface area (Å²) in [6.07, 6.45) is 0. The Labute approximate surface area is 108 Å². The molecule has 1 aromatic carbocycles. The lowest BCUT2D eigenvalue weighted by Gasteiger charge is -2.15. The highest BCUT2D eigenvalue weighted by molar-refractivity contribution is 7.07. The summed E-state index contributed by atoms with van der Waals surface area (Å²) < 4.78 is 65.6. The standard InChI is InChI=1S/C11H7F5N2S/c1-4(5-2-19-3-17-5)18-11-9(15)7(13)6(12)8(14)10(11)16/h2-4,18H,1H3. The molecule has 0 bridgehead atoms. The maximum absolute atomic E-state index is 13.4. The number of anilines is 1. The van der Waals surface area contributed by atoms with Crippen LogP contribution < -0.4 is 5.32 Å². The molecule has 1 unspecified atom stereocenters. The molecule has 2 rings (SSSR count). The number of aromatic nitrogens is 1. The third-order valence-corrected chi connectivity index (χ3v) is 3.07. The summed E-state index contributed by atoms with van der Waals surface area (Å²) in [5, 5.41) is 3.84. The molecule has 1 N–H and O–H groups in total. The Morgan fingerprint density at radius 2 is 1.53 bits per heavy atom. The van der Waals surface area contributed by atoms with Crippen molar-refractivity contribution < 1.29 is 22.0 Å². The van der Waals surface area contributed by atoms with E-state index in [4.69, 9.17) is 0 Å². The molecular weight excluding hydrogens is 287 g/mol. The Hall–Kier alpha value is -1.70. The van der Waals surface area contributed by atoms with Crippen LogP contribution in [0.1, 0.15) is 18.7 Å². The Balaban J connectivity index is 2.41. The maximum atomic E-state index is 13.4. The number of thiazole rings is 1. The lowest BCUT2D eigenvalue weighted by Crippen LogP contribution is -2.13. The molecule has 1 heterocycles. The smallest absolute Gasteiger partial charge is 0.200 e. The van der Waals surface area contributed by atoms with Gasteiger partial charge in [0.1, 0.15) is 5.69 Å². The Kier molecular flexibility index (Phi) is 3.70. The van der Waals surface area contributed by atoms with Crippen LogP contribution in [0.4, 0.5) is 27.6 Å². The molecule has 2 aromatic rings. The molecule has 0 radical (unpaired) electrons. The zero-order chi connectivity index (χ0) is 14.2. The van der Waals surface area contributed by atoms with E-state index in [0.717, 1.165) is 0 Å². The Bertz CT molecular complexity index is 571. The van der Waals surface area contributed by atoms with Gasteiger partial charge in [-0.25, -0.2) is 26.9 Å². The molecule has 0 amide bonds. The first-order chi connectivity index (χ1) is 8.93. The molecule has 102 valence electrons. The van der Waals surface area contributed by atoms with Gasteiger partial charge >= 0.3 is 0 Å². The summed E-state index contributed by atoms with van der Waals surface area (Å²) in [6.45, 7) is 1.49. The first-order valence-corrected chi connectivity index (χ1v) is 6.03. The van der Waals surface area contributed by atoms with Gasteiger partial charge in [-0.1, -0.05) is 0 Å². The molecule has 0 saturated carbocycles. The molecule has 0 spiro atoms. The van der Waals surface area contributed by atoms with Crippen LogP contribution in [0.25, 0.3) is 0 Å². The summed E-state index contributed by atoms with van der Waals surface area (Å²) in [6, 6.07) is -0.695. The van der Waals surface area contributed by atoms with Gasteiger partial charge < -0.3 is 5.32 Å².